The summed E-state index contributed by atoms with van der Waals surface area (Å²) >= 11 is 0. The molecule has 0 atom stereocenters. The number of benzene rings is 3. The maximum absolute atomic E-state index is 9.79. The molecule has 0 fully saturated rings. The van der Waals surface area contributed by atoms with Crippen LogP contribution in [0.5, 0.6) is 5.75 Å². The molecule has 0 spiro atoms. The second kappa shape index (κ2) is 8.26. The van der Waals surface area contributed by atoms with E-state index in [1.54, 1.807) is 0 Å². The van der Waals surface area contributed by atoms with Crippen LogP contribution in [0.15, 0.2) is 60.7 Å². The van der Waals surface area contributed by atoms with Crippen molar-refractivity contribution < 1.29 is 4.74 Å². The number of imidazole rings is 1. The number of aromatic amines is 1. The van der Waals surface area contributed by atoms with Crippen molar-refractivity contribution in [3.05, 3.63) is 94.3 Å². The van der Waals surface area contributed by atoms with Crippen molar-refractivity contribution in [1.82, 2.24) is 9.97 Å². The third-order valence-electron chi connectivity index (χ3n) is 5.17. The van der Waals surface area contributed by atoms with Gasteiger partial charge in [-0.1, -0.05) is 48.0 Å². The number of nitriles is 1. The second-order valence-electron chi connectivity index (χ2n) is 7.52. The van der Waals surface area contributed by atoms with Crippen LogP contribution in [-0.4, -0.2) is 9.97 Å². The Balaban J connectivity index is 1.65. The molecule has 0 saturated carbocycles. The van der Waals surface area contributed by atoms with Crippen LogP contribution >= 0.6 is 0 Å². The maximum Gasteiger partial charge on any atom is 0.149 e. The fourth-order valence-corrected chi connectivity index (χ4v) is 3.40. The van der Waals surface area contributed by atoms with Crippen molar-refractivity contribution in [2.45, 2.75) is 27.4 Å². The van der Waals surface area contributed by atoms with E-state index in [-0.39, 0.29) is 0 Å². The van der Waals surface area contributed by atoms with Crippen LogP contribution in [0.25, 0.3) is 22.7 Å². The van der Waals surface area contributed by atoms with Gasteiger partial charge in [-0.15, -0.1) is 0 Å². The normalized spacial score (nSPS) is 11.5. The average molecular weight is 393 g/mol. The molecule has 30 heavy (non-hydrogen) atoms. The van der Waals surface area contributed by atoms with Gasteiger partial charge in [0.25, 0.3) is 0 Å². The number of H-pyrrole nitrogens is 1. The fourth-order valence-electron chi connectivity index (χ4n) is 3.40. The monoisotopic (exact) mass is 393 g/mol. The summed E-state index contributed by atoms with van der Waals surface area (Å²) in [5.41, 5.74) is 7.77. The molecule has 0 unspecified atom stereocenters. The maximum atomic E-state index is 9.79. The van der Waals surface area contributed by atoms with Gasteiger partial charge in [0.2, 0.25) is 0 Å². The van der Waals surface area contributed by atoms with Crippen molar-refractivity contribution in [2.24, 2.45) is 0 Å². The van der Waals surface area contributed by atoms with E-state index in [9.17, 15) is 5.26 Å². The third kappa shape index (κ3) is 4.11. The summed E-state index contributed by atoms with van der Waals surface area (Å²) in [5, 5.41) is 9.79. The summed E-state index contributed by atoms with van der Waals surface area (Å²) in [5.74, 6) is 1.29. The summed E-state index contributed by atoms with van der Waals surface area (Å²) in [7, 11) is 0. The molecule has 148 valence electrons. The number of fused-ring (bicyclic) bond motifs is 1. The van der Waals surface area contributed by atoms with Crippen LogP contribution in [0.4, 0.5) is 0 Å². The first-order chi connectivity index (χ1) is 14.5. The largest absolute Gasteiger partial charge is 0.488 e. The number of aromatic nitrogens is 2. The topological polar surface area (TPSA) is 61.7 Å². The number of allylic oxidation sites excluding steroid dienone is 1. The van der Waals surface area contributed by atoms with E-state index in [4.69, 9.17) is 4.74 Å². The van der Waals surface area contributed by atoms with Crippen LogP contribution < -0.4 is 4.74 Å². The Hall–Kier alpha value is -3.84. The second-order valence-corrected chi connectivity index (χ2v) is 7.52. The van der Waals surface area contributed by atoms with Gasteiger partial charge in [-0.05, 0) is 61.7 Å². The Morgan fingerprint density at radius 2 is 1.83 bits per heavy atom. The lowest BCUT2D eigenvalue weighted by atomic mass is 10.1. The molecule has 0 bridgehead atoms. The highest BCUT2D eigenvalue weighted by Crippen LogP contribution is 2.26. The number of aryl methyl sites for hydroxylation is 3. The SMILES string of the molecule is Cc1cccc(COc2ccccc2/C=C(\C#N)c2nc3cc(C)c(C)cc3[nH]2)c1. The van der Waals surface area contributed by atoms with Crippen LogP contribution in [0, 0.1) is 32.1 Å². The molecule has 1 N–H and O–H groups in total. The molecular formula is C26H23N3O. The Labute approximate surface area is 176 Å². The highest BCUT2D eigenvalue weighted by Gasteiger charge is 2.11. The molecule has 0 radical (unpaired) electrons. The van der Waals surface area contributed by atoms with Gasteiger partial charge in [0.15, 0.2) is 0 Å². The van der Waals surface area contributed by atoms with Gasteiger partial charge < -0.3 is 9.72 Å². The Morgan fingerprint density at radius 3 is 2.63 bits per heavy atom. The molecule has 4 rings (SSSR count). The highest BCUT2D eigenvalue weighted by atomic mass is 16.5. The lowest BCUT2D eigenvalue weighted by Gasteiger charge is -2.10. The lowest BCUT2D eigenvalue weighted by Crippen LogP contribution is -1.97. The van der Waals surface area contributed by atoms with Crippen molar-refractivity contribution in [1.29, 1.82) is 5.26 Å². The number of ether oxygens (including phenoxy) is 1. The van der Waals surface area contributed by atoms with Crippen LogP contribution in [-0.2, 0) is 6.61 Å². The van der Waals surface area contributed by atoms with E-state index in [0.717, 1.165) is 27.9 Å². The zero-order chi connectivity index (χ0) is 21.1. The number of rotatable bonds is 5. The minimum atomic E-state index is 0.466. The molecule has 1 aromatic heterocycles. The van der Waals surface area contributed by atoms with Gasteiger partial charge in [-0.2, -0.15) is 5.26 Å². The Kier molecular flexibility index (Phi) is 5.36. The third-order valence-corrected chi connectivity index (χ3v) is 5.17. The van der Waals surface area contributed by atoms with E-state index in [2.05, 4.69) is 55.0 Å². The minimum absolute atomic E-state index is 0.466. The summed E-state index contributed by atoms with van der Waals surface area (Å²) in [6.07, 6.45) is 1.82. The quantitative estimate of drug-likeness (QED) is 0.415. The molecule has 4 aromatic rings. The van der Waals surface area contributed by atoms with Gasteiger partial charge in [0.05, 0.1) is 16.6 Å². The van der Waals surface area contributed by atoms with Gasteiger partial charge in [-0.25, -0.2) is 4.98 Å². The summed E-state index contributed by atoms with van der Waals surface area (Å²) in [6.45, 7) is 6.66. The van der Waals surface area contributed by atoms with E-state index >= 15 is 0 Å². The number of hydrogen-bond donors (Lipinski definition) is 1. The van der Waals surface area contributed by atoms with Crippen molar-refractivity contribution in [2.75, 3.05) is 0 Å². The summed E-state index contributed by atoms with van der Waals surface area (Å²) < 4.78 is 6.07. The molecule has 0 aliphatic heterocycles. The van der Waals surface area contributed by atoms with Crippen LogP contribution in [0.2, 0.25) is 0 Å². The van der Waals surface area contributed by atoms with Gasteiger partial charge >= 0.3 is 0 Å². The number of para-hydroxylation sites is 1. The van der Waals surface area contributed by atoms with E-state index in [1.165, 1.54) is 16.7 Å². The highest BCUT2D eigenvalue weighted by molar-refractivity contribution is 5.91. The lowest BCUT2D eigenvalue weighted by molar-refractivity contribution is 0.305. The number of nitrogens with one attached hydrogen (secondary N) is 1. The Morgan fingerprint density at radius 1 is 1.03 bits per heavy atom. The summed E-state index contributed by atoms with van der Waals surface area (Å²) in [6, 6.07) is 22.4. The van der Waals surface area contributed by atoms with Crippen LogP contribution in [0.3, 0.4) is 0 Å². The first-order valence-corrected chi connectivity index (χ1v) is 9.90. The zero-order valence-corrected chi connectivity index (χ0v) is 17.4. The standard InChI is InChI=1S/C26H23N3O/c1-17-7-6-8-20(11-17)16-30-25-10-5-4-9-21(25)14-22(15-27)26-28-23-12-18(2)19(3)13-24(23)29-26/h4-14H,16H2,1-3H3,(H,28,29)/b22-14+. The molecular weight excluding hydrogens is 370 g/mol. The molecule has 3 aromatic carbocycles. The first kappa shape index (κ1) is 19.5. The molecule has 0 aliphatic rings. The average Bonchev–Trinajstić information content (AvgIpc) is 3.14. The predicted molar refractivity (Wildman–Crippen MR) is 121 cm³/mol. The van der Waals surface area contributed by atoms with Gasteiger partial charge in [0.1, 0.15) is 24.3 Å². The predicted octanol–water partition coefficient (Wildman–Crippen LogP) is 6.13. The molecule has 0 aliphatic carbocycles. The van der Waals surface area contributed by atoms with E-state index in [0.29, 0.717) is 18.0 Å². The summed E-state index contributed by atoms with van der Waals surface area (Å²) in [4.78, 5) is 7.90. The molecule has 1 heterocycles. The minimum Gasteiger partial charge on any atom is -0.488 e. The van der Waals surface area contributed by atoms with Crippen LogP contribution in [0.1, 0.15) is 33.6 Å². The van der Waals surface area contributed by atoms with Crippen molar-refractivity contribution in [3.8, 4) is 11.8 Å². The molecule has 0 amide bonds. The molecule has 4 nitrogen and oxygen atoms in total. The van der Waals surface area contributed by atoms with Gasteiger partial charge in [-0.3, -0.25) is 0 Å². The first-order valence-electron chi connectivity index (χ1n) is 9.90. The van der Waals surface area contributed by atoms with E-state index < -0.39 is 0 Å². The number of hydrogen-bond acceptors (Lipinski definition) is 3. The number of nitrogens with zero attached hydrogens (tertiary/aromatic N) is 2. The Bertz CT molecular complexity index is 1250. The fraction of sp³-hybridized carbons (Fsp3) is 0.154. The van der Waals surface area contributed by atoms with Crippen molar-refractivity contribution >= 4 is 22.7 Å². The molecule has 4 heteroatoms. The smallest absolute Gasteiger partial charge is 0.149 e. The molecule has 0 saturated heterocycles. The van der Waals surface area contributed by atoms with Crippen molar-refractivity contribution in [3.63, 3.8) is 0 Å². The zero-order valence-electron chi connectivity index (χ0n) is 17.4. The van der Waals surface area contributed by atoms with Gasteiger partial charge in [0, 0.05) is 5.56 Å². The van der Waals surface area contributed by atoms with E-state index in [1.807, 2.05) is 48.5 Å².